The first-order valence-electron chi connectivity index (χ1n) is 8.44. The van der Waals surface area contributed by atoms with Crippen LogP contribution in [-0.4, -0.2) is 28.1 Å². The highest BCUT2D eigenvalue weighted by Gasteiger charge is 2.13. The fourth-order valence-electron chi connectivity index (χ4n) is 2.36. The molecule has 28 heavy (non-hydrogen) atoms. The lowest BCUT2D eigenvalue weighted by Gasteiger charge is -2.14. The number of hydrogen-bond acceptors (Lipinski definition) is 6. The van der Waals surface area contributed by atoms with Crippen LogP contribution >= 0.6 is 11.3 Å². The molecule has 1 aromatic heterocycles. The molecule has 0 atom stereocenters. The van der Waals surface area contributed by atoms with Crippen LogP contribution in [0.1, 0.15) is 34.6 Å². The third kappa shape index (κ3) is 5.08. The van der Waals surface area contributed by atoms with Crippen molar-refractivity contribution in [1.82, 2.24) is 4.98 Å². The summed E-state index contributed by atoms with van der Waals surface area (Å²) >= 11 is 1.32. The monoisotopic (exact) mass is 398 g/mol. The molecule has 144 valence electrons. The van der Waals surface area contributed by atoms with Gasteiger partial charge in [0.2, 0.25) is 0 Å². The highest BCUT2D eigenvalue weighted by atomic mass is 32.1. The van der Waals surface area contributed by atoms with Crippen molar-refractivity contribution < 1.29 is 24.2 Å². The van der Waals surface area contributed by atoms with E-state index in [9.17, 15) is 9.59 Å². The maximum absolute atomic E-state index is 12.6. The Morgan fingerprint density at radius 3 is 2.36 bits per heavy atom. The molecule has 0 spiro atoms. The van der Waals surface area contributed by atoms with Gasteiger partial charge in [-0.1, -0.05) is 0 Å². The van der Waals surface area contributed by atoms with E-state index in [1.165, 1.54) is 23.5 Å². The zero-order chi connectivity index (χ0) is 20.1. The molecule has 0 aliphatic rings. The molecule has 7 nitrogen and oxygen atoms in total. The summed E-state index contributed by atoms with van der Waals surface area (Å²) in [6, 6.07) is 10.9. The number of carbonyl (C=O) groups is 2. The number of thiazole rings is 1. The van der Waals surface area contributed by atoms with Crippen molar-refractivity contribution in [2.24, 2.45) is 0 Å². The average molecular weight is 398 g/mol. The van der Waals surface area contributed by atoms with Gasteiger partial charge < -0.3 is 14.6 Å². The number of carbonyl (C=O) groups excluding carboxylic acids is 1. The summed E-state index contributed by atoms with van der Waals surface area (Å²) < 4.78 is 11.5. The molecule has 1 heterocycles. The van der Waals surface area contributed by atoms with E-state index in [0.29, 0.717) is 27.9 Å². The van der Waals surface area contributed by atoms with Gasteiger partial charge in [0.15, 0.2) is 5.13 Å². The third-order valence-corrected chi connectivity index (χ3v) is 4.19. The number of aromatic nitrogens is 1. The fourth-order valence-corrected chi connectivity index (χ4v) is 2.88. The lowest BCUT2D eigenvalue weighted by Crippen LogP contribution is -2.13. The predicted molar refractivity (Wildman–Crippen MR) is 106 cm³/mol. The minimum Gasteiger partial charge on any atom is -0.491 e. The zero-order valence-electron chi connectivity index (χ0n) is 15.2. The second kappa shape index (κ2) is 8.53. The van der Waals surface area contributed by atoms with E-state index in [1.807, 2.05) is 13.8 Å². The van der Waals surface area contributed by atoms with Crippen molar-refractivity contribution in [1.29, 1.82) is 0 Å². The van der Waals surface area contributed by atoms with Crippen molar-refractivity contribution in [3.8, 4) is 17.2 Å². The maximum atomic E-state index is 12.6. The van der Waals surface area contributed by atoms with E-state index < -0.39 is 5.97 Å². The van der Waals surface area contributed by atoms with Gasteiger partial charge in [0, 0.05) is 23.2 Å². The summed E-state index contributed by atoms with van der Waals surface area (Å²) in [5.41, 5.74) is 0.512. The first kappa shape index (κ1) is 19.4. The first-order valence-corrected chi connectivity index (χ1v) is 9.32. The molecule has 0 aliphatic heterocycles. The van der Waals surface area contributed by atoms with E-state index in [-0.39, 0.29) is 17.6 Å². The minimum atomic E-state index is -1.01. The van der Waals surface area contributed by atoms with Crippen LogP contribution in [0, 0.1) is 0 Å². The summed E-state index contributed by atoms with van der Waals surface area (Å²) in [6.45, 7) is 3.76. The number of benzene rings is 2. The van der Waals surface area contributed by atoms with E-state index >= 15 is 0 Å². The molecule has 1 amide bonds. The zero-order valence-corrected chi connectivity index (χ0v) is 16.0. The highest BCUT2D eigenvalue weighted by molar-refractivity contribution is 7.13. The molecule has 0 aliphatic carbocycles. The van der Waals surface area contributed by atoms with Gasteiger partial charge in [-0.05, 0) is 50.2 Å². The van der Waals surface area contributed by atoms with Crippen LogP contribution in [0.25, 0.3) is 0 Å². The summed E-state index contributed by atoms with van der Waals surface area (Å²) in [4.78, 5) is 27.6. The van der Waals surface area contributed by atoms with Gasteiger partial charge in [-0.3, -0.25) is 10.1 Å². The Morgan fingerprint density at radius 1 is 1.04 bits per heavy atom. The predicted octanol–water partition coefficient (Wildman–Crippen LogP) is 4.67. The number of carboxylic acids is 1. The van der Waals surface area contributed by atoms with Crippen LogP contribution < -0.4 is 14.8 Å². The molecule has 3 rings (SSSR count). The quantitative estimate of drug-likeness (QED) is 0.600. The Hall–Kier alpha value is -3.39. The van der Waals surface area contributed by atoms with E-state index in [2.05, 4.69) is 10.3 Å². The van der Waals surface area contributed by atoms with Gasteiger partial charge in [0.05, 0.1) is 11.7 Å². The number of hydrogen-bond donors (Lipinski definition) is 2. The molecule has 0 bridgehead atoms. The van der Waals surface area contributed by atoms with Gasteiger partial charge in [0.25, 0.3) is 5.91 Å². The standard InChI is InChI=1S/C20H18N2O5S/c1-12(2)26-16-9-14(18(23)22-20-21-7-8-28-20)10-17(11-16)27-15-5-3-13(4-6-15)19(24)25/h3-12H,1-2H3,(H,24,25)(H,21,22,23). The summed E-state index contributed by atoms with van der Waals surface area (Å²) in [7, 11) is 0. The molecule has 0 saturated heterocycles. The second-order valence-electron chi connectivity index (χ2n) is 6.08. The molecule has 0 unspecified atom stereocenters. The maximum Gasteiger partial charge on any atom is 0.335 e. The normalized spacial score (nSPS) is 10.5. The molecule has 0 radical (unpaired) electrons. The Kier molecular flexibility index (Phi) is 5.90. The lowest BCUT2D eigenvalue weighted by atomic mass is 10.2. The highest BCUT2D eigenvalue weighted by Crippen LogP contribution is 2.29. The van der Waals surface area contributed by atoms with Gasteiger partial charge in [-0.25, -0.2) is 9.78 Å². The fraction of sp³-hybridized carbons (Fsp3) is 0.150. The van der Waals surface area contributed by atoms with Crippen LogP contribution in [0.4, 0.5) is 5.13 Å². The van der Waals surface area contributed by atoms with Gasteiger partial charge in [-0.15, -0.1) is 11.3 Å². The Bertz CT molecular complexity index is 969. The minimum absolute atomic E-state index is 0.0834. The van der Waals surface area contributed by atoms with Crippen LogP contribution in [0.15, 0.2) is 54.0 Å². The number of aromatic carboxylic acids is 1. The molecule has 3 aromatic rings. The van der Waals surface area contributed by atoms with Crippen molar-refractivity contribution in [3.05, 3.63) is 65.2 Å². The number of anilines is 1. The summed E-state index contributed by atoms with van der Waals surface area (Å²) in [5.74, 6) is -0.0299. The number of carboxylic acid groups (broad SMARTS) is 1. The smallest absolute Gasteiger partial charge is 0.335 e. The van der Waals surface area contributed by atoms with E-state index in [4.69, 9.17) is 14.6 Å². The van der Waals surface area contributed by atoms with Crippen molar-refractivity contribution >= 4 is 28.3 Å². The van der Waals surface area contributed by atoms with Crippen LogP contribution in [0.5, 0.6) is 17.2 Å². The molecule has 8 heteroatoms. The van der Waals surface area contributed by atoms with Gasteiger partial charge >= 0.3 is 5.97 Å². The lowest BCUT2D eigenvalue weighted by molar-refractivity contribution is 0.0696. The molecular weight excluding hydrogens is 380 g/mol. The molecule has 2 N–H and O–H groups in total. The van der Waals surface area contributed by atoms with Crippen LogP contribution in [-0.2, 0) is 0 Å². The van der Waals surface area contributed by atoms with E-state index in [1.54, 1.807) is 41.9 Å². The summed E-state index contributed by atoms with van der Waals surface area (Å²) in [5, 5.41) is 14.0. The van der Waals surface area contributed by atoms with Crippen molar-refractivity contribution in [2.75, 3.05) is 5.32 Å². The SMILES string of the molecule is CC(C)Oc1cc(Oc2ccc(C(=O)O)cc2)cc(C(=O)Nc2nccs2)c1. The van der Waals surface area contributed by atoms with Crippen molar-refractivity contribution in [3.63, 3.8) is 0 Å². The van der Waals surface area contributed by atoms with Gasteiger partial charge in [0.1, 0.15) is 17.2 Å². The molecule has 0 fully saturated rings. The topological polar surface area (TPSA) is 97.8 Å². The third-order valence-electron chi connectivity index (χ3n) is 3.50. The molecular formula is C20H18N2O5S. The number of rotatable bonds is 7. The molecule has 0 saturated carbocycles. The van der Waals surface area contributed by atoms with Crippen molar-refractivity contribution in [2.45, 2.75) is 20.0 Å². The Morgan fingerprint density at radius 2 is 1.75 bits per heavy atom. The van der Waals surface area contributed by atoms with Gasteiger partial charge in [-0.2, -0.15) is 0 Å². The average Bonchev–Trinajstić information content (AvgIpc) is 3.14. The number of amides is 1. The largest absolute Gasteiger partial charge is 0.491 e. The Balaban J connectivity index is 1.86. The number of nitrogens with zero attached hydrogens (tertiary/aromatic N) is 1. The van der Waals surface area contributed by atoms with E-state index in [0.717, 1.165) is 0 Å². The molecule has 2 aromatic carbocycles. The Labute approximate surface area is 165 Å². The number of ether oxygens (including phenoxy) is 2. The second-order valence-corrected chi connectivity index (χ2v) is 6.98. The van der Waals surface area contributed by atoms with Crippen LogP contribution in [0.3, 0.4) is 0 Å². The number of nitrogens with one attached hydrogen (secondary N) is 1. The first-order chi connectivity index (χ1) is 13.4. The summed E-state index contributed by atoms with van der Waals surface area (Å²) in [6.07, 6.45) is 1.52. The van der Waals surface area contributed by atoms with Crippen LogP contribution in [0.2, 0.25) is 0 Å².